The predicted molar refractivity (Wildman–Crippen MR) is 161 cm³/mol. The Bertz CT molecular complexity index is 1550. The SMILES string of the molecule is COc1cc(C)ccc1CN1C(=O)CCN(c2cnn3ccc(CN4CC5CCC(C4)N5C(=O)OC(C)(C)C)cc23)C1=O. The molecular weight excluding hydrogens is 548 g/mol. The van der Waals surface area contributed by atoms with Crippen LogP contribution in [0.15, 0.2) is 42.7 Å². The second-order valence-electron chi connectivity index (χ2n) is 12.8. The van der Waals surface area contributed by atoms with E-state index in [0.29, 0.717) is 18.0 Å². The van der Waals surface area contributed by atoms with Crippen LogP contribution in [0.5, 0.6) is 5.75 Å². The second kappa shape index (κ2) is 11.2. The summed E-state index contributed by atoms with van der Waals surface area (Å²) in [6.07, 6.45) is 5.57. The molecule has 3 aliphatic heterocycles. The van der Waals surface area contributed by atoms with E-state index in [2.05, 4.69) is 16.1 Å². The number of pyridine rings is 1. The number of aromatic nitrogens is 2. The number of carbonyl (C=O) groups excluding carboxylic acids is 3. The molecule has 11 nitrogen and oxygen atoms in total. The Morgan fingerprint density at radius 3 is 2.49 bits per heavy atom. The van der Waals surface area contributed by atoms with Crippen LogP contribution in [0, 0.1) is 6.92 Å². The lowest BCUT2D eigenvalue weighted by Crippen LogP contribution is -2.56. The average molecular weight is 589 g/mol. The summed E-state index contributed by atoms with van der Waals surface area (Å²) in [6, 6.07) is 9.79. The highest BCUT2D eigenvalue weighted by Crippen LogP contribution is 2.33. The first-order chi connectivity index (χ1) is 20.5. The Balaban J connectivity index is 1.18. The molecule has 0 N–H and O–H groups in total. The number of amides is 4. The Labute approximate surface area is 251 Å². The summed E-state index contributed by atoms with van der Waals surface area (Å²) in [7, 11) is 1.59. The van der Waals surface area contributed by atoms with Gasteiger partial charge in [0.15, 0.2) is 0 Å². The smallest absolute Gasteiger partial charge is 0.410 e. The number of anilines is 1. The third-order valence-corrected chi connectivity index (χ3v) is 8.51. The summed E-state index contributed by atoms with van der Waals surface area (Å²) in [5.41, 5.74) is 3.89. The predicted octanol–water partition coefficient (Wildman–Crippen LogP) is 4.59. The van der Waals surface area contributed by atoms with E-state index in [9.17, 15) is 14.4 Å². The molecule has 3 aliphatic rings. The molecule has 4 amide bonds. The van der Waals surface area contributed by atoms with Crippen molar-refractivity contribution in [3.8, 4) is 5.75 Å². The van der Waals surface area contributed by atoms with Crippen LogP contribution in [0.25, 0.3) is 5.52 Å². The first kappa shape index (κ1) is 29.0. The van der Waals surface area contributed by atoms with Gasteiger partial charge in [-0.3, -0.25) is 24.4 Å². The lowest BCUT2D eigenvalue weighted by Gasteiger charge is -2.41. The van der Waals surface area contributed by atoms with Gasteiger partial charge in [-0.2, -0.15) is 5.10 Å². The minimum Gasteiger partial charge on any atom is -0.496 e. The van der Waals surface area contributed by atoms with Gasteiger partial charge in [0.1, 0.15) is 11.4 Å². The number of hydrogen-bond donors (Lipinski definition) is 0. The maximum absolute atomic E-state index is 13.7. The zero-order valence-corrected chi connectivity index (χ0v) is 25.6. The summed E-state index contributed by atoms with van der Waals surface area (Å²) in [5.74, 6) is 0.444. The standard InChI is InChI=1S/C32H40N6O5/c1-21-6-7-23(28(14-21)42-5)18-36-29(39)11-12-35(30(36)40)27-16-33-37-13-10-22(15-26(27)37)17-34-19-24-8-9-25(20-34)38(24)31(41)43-32(2,3)4/h6-7,10,13-16,24-25H,8-9,11-12,17-20H2,1-5H3. The molecule has 0 saturated carbocycles. The van der Waals surface area contributed by atoms with Crippen LogP contribution in [-0.2, 0) is 22.6 Å². The Kier molecular flexibility index (Phi) is 7.53. The normalized spacial score (nSPS) is 21.2. The number of imide groups is 1. The van der Waals surface area contributed by atoms with Crippen molar-refractivity contribution in [2.45, 2.75) is 77.7 Å². The third-order valence-electron chi connectivity index (χ3n) is 8.51. The molecule has 6 rings (SSSR count). The van der Waals surface area contributed by atoms with Crippen LogP contribution in [0.3, 0.4) is 0 Å². The second-order valence-corrected chi connectivity index (χ2v) is 12.8. The maximum atomic E-state index is 13.7. The summed E-state index contributed by atoms with van der Waals surface area (Å²) < 4.78 is 13.0. The van der Waals surface area contributed by atoms with E-state index in [-0.39, 0.29) is 43.1 Å². The minimum atomic E-state index is -0.514. The van der Waals surface area contributed by atoms with Gasteiger partial charge in [0.2, 0.25) is 5.91 Å². The molecule has 2 bridgehead atoms. The van der Waals surface area contributed by atoms with Gasteiger partial charge in [-0.1, -0.05) is 12.1 Å². The van der Waals surface area contributed by atoms with Crippen LogP contribution in [-0.4, -0.2) is 86.8 Å². The summed E-state index contributed by atoms with van der Waals surface area (Å²) in [6.45, 7) is 10.4. The van der Waals surface area contributed by atoms with Crippen LogP contribution in [0.2, 0.25) is 0 Å². The number of carbonyl (C=O) groups is 3. The highest BCUT2D eigenvalue weighted by molar-refractivity contribution is 6.07. The van der Waals surface area contributed by atoms with Crippen LogP contribution < -0.4 is 9.64 Å². The molecule has 3 fully saturated rings. The fraction of sp³-hybridized carbons (Fsp3) is 0.500. The molecule has 2 aromatic heterocycles. The fourth-order valence-corrected chi connectivity index (χ4v) is 6.53. The number of piperazine rings is 1. The number of methoxy groups -OCH3 is 1. The number of fused-ring (bicyclic) bond motifs is 3. The van der Waals surface area contributed by atoms with Crippen molar-refractivity contribution in [2.75, 3.05) is 31.6 Å². The zero-order valence-electron chi connectivity index (χ0n) is 25.6. The van der Waals surface area contributed by atoms with E-state index in [1.165, 1.54) is 4.90 Å². The molecule has 3 aromatic rings. The van der Waals surface area contributed by atoms with Gasteiger partial charge in [0, 0.05) is 56.4 Å². The largest absolute Gasteiger partial charge is 0.496 e. The van der Waals surface area contributed by atoms with Gasteiger partial charge < -0.3 is 9.47 Å². The van der Waals surface area contributed by atoms with E-state index in [1.807, 2.05) is 63.1 Å². The topological polar surface area (TPSA) is 99.9 Å². The van der Waals surface area contributed by atoms with Crippen molar-refractivity contribution >= 4 is 29.2 Å². The number of aryl methyl sites for hydroxylation is 1. The molecule has 228 valence electrons. The van der Waals surface area contributed by atoms with Crippen molar-refractivity contribution in [3.05, 3.63) is 59.4 Å². The van der Waals surface area contributed by atoms with E-state index in [0.717, 1.165) is 54.7 Å². The zero-order chi connectivity index (χ0) is 30.5. The highest BCUT2D eigenvalue weighted by atomic mass is 16.6. The highest BCUT2D eigenvalue weighted by Gasteiger charge is 2.44. The van der Waals surface area contributed by atoms with E-state index < -0.39 is 5.60 Å². The van der Waals surface area contributed by atoms with Gasteiger partial charge in [-0.25, -0.2) is 14.1 Å². The first-order valence-corrected chi connectivity index (χ1v) is 15.0. The van der Waals surface area contributed by atoms with Gasteiger partial charge in [-0.15, -0.1) is 0 Å². The van der Waals surface area contributed by atoms with Gasteiger partial charge >= 0.3 is 12.1 Å². The molecule has 0 aliphatic carbocycles. The number of urea groups is 1. The van der Waals surface area contributed by atoms with Crippen molar-refractivity contribution in [1.29, 1.82) is 0 Å². The third kappa shape index (κ3) is 5.78. The molecule has 0 radical (unpaired) electrons. The molecule has 2 atom stereocenters. The number of benzene rings is 1. The Morgan fingerprint density at radius 1 is 1.05 bits per heavy atom. The summed E-state index contributed by atoms with van der Waals surface area (Å²) in [5, 5.41) is 4.50. The van der Waals surface area contributed by atoms with Crippen LogP contribution in [0.4, 0.5) is 15.3 Å². The molecule has 11 heteroatoms. The lowest BCUT2D eigenvalue weighted by molar-refractivity contribution is -0.129. The Hall–Kier alpha value is -4.12. The minimum absolute atomic E-state index is 0.139. The first-order valence-electron chi connectivity index (χ1n) is 15.0. The molecular formula is C32H40N6O5. The maximum Gasteiger partial charge on any atom is 0.410 e. The molecule has 1 aromatic carbocycles. The van der Waals surface area contributed by atoms with E-state index in [1.54, 1.807) is 22.7 Å². The number of likely N-dealkylation sites (tertiary alicyclic amines) is 1. The van der Waals surface area contributed by atoms with Crippen molar-refractivity contribution < 1.29 is 23.9 Å². The van der Waals surface area contributed by atoms with Gasteiger partial charge in [-0.05, 0) is 69.9 Å². The van der Waals surface area contributed by atoms with E-state index in [4.69, 9.17) is 9.47 Å². The number of hydrogen-bond acceptors (Lipinski definition) is 7. The quantitative estimate of drug-likeness (QED) is 0.415. The van der Waals surface area contributed by atoms with Crippen molar-refractivity contribution in [3.63, 3.8) is 0 Å². The number of ether oxygens (including phenoxy) is 2. The van der Waals surface area contributed by atoms with Crippen molar-refractivity contribution in [2.24, 2.45) is 0 Å². The lowest BCUT2D eigenvalue weighted by atomic mass is 10.1. The molecule has 5 heterocycles. The summed E-state index contributed by atoms with van der Waals surface area (Å²) >= 11 is 0. The summed E-state index contributed by atoms with van der Waals surface area (Å²) in [4.78, 5) is 46.8. The van der Waals surface area contributed by atoms with Crippen LogP contribution >= 0.6 is 0 Å². The van der Waals surface area contributed by atoms with E-state index >= 15 is 0 Å². The molecule has 2 unspecified atom stereocenters. The number of rotatable bonds is 6. The molecule has 43 heavy (non-hydrogen) atoms. The Morgan fingerprint density at radius 2 is 1.79 bits per heavy atom. The van der Waals surface area contributed by atoms with Crippen molar-refractivity contribution in [1.82, 2.24) is 24.3 Å². The average Bonchev–Trinajstić information content (AvgIpc) is 3.48. The fourth-order valence-electron chi connectivity index (χ4n) is 6.53. The monoisotopic (exact) mass is 588 g/mol. The number of nitrogens with zero attached hydrogens (tertiary/aromatic N) is 6. The molecule has 3 saturated heterocycles. The van der Waals surface area contributed by atoms with Crippen LogP contribution in [0.1, 0.15) is 56.7 Å². The molecule has 0 spiro atoms. The van der Waals surface area contributed by atoms with Gasteiger partial charge in [0.05, 0.1) is 31.1 Å². The van der Waals surface area contributed by atoms with Gasteiger partial charge in [0.25, 0.3) is 0 Å².